The lowest BCUT2D eigenvalue weighted by Gasteiger charge is -2.55. The van der Waals surface area contributed by atoms with Gasteiger partial charge in [-0.05, 0) is 50.4 Å². The predicted molar refractivity (Wildman–Crippen MR) is 76.4 cm³/mol. The third-order valence-corrected chi connectivity index (χ3v) is 6.07. The molecule has 0 aromatic heterocycles. The molecule has 0 aromatic carbocycles. The molecule has 0 bridgehead atoms. The van der Waals surface area contributed by atoms with E-state index in [0.29, 0.717) is 18.2 Å². The Balaban J connectivity index is 1.90. The summed E-state index contributed by atoms with van der Waals surface area (Å²) in [6.45, 7) is 9.29. The van der Waals surface area contributed by atoms with E-state index in [1.165, 1.54) is 19.3 Å². The quantitative estimate of drug-likeness (QED) is 0.828. The van der Waals surface area contributed by atoms with Crippen LogP contribution in [0.1, 0.15) is 66.2 Å². The highest BCUT2D eigenvalue weighted by Gasteiger charge is 2.52. The van der Waals surface area contributed by atoms with Crippen LogP contribution in [0, 0.1) is 17.3 Å². The smallest absolute Gasteiger partial charge is 0.0664 e. The first kappa shape index (κ1) is 14.3. The van der Waals surface area contributed by atoms with Crippen molar-refractivity contribution in [1.82, 2.24) is 0 Å². The topological polar surface area (TPSA) is 35.2 Å². The first-order chi connectivity index (χ1) is 8.53. The third kappa shape index (κ3) is 2.34. The van der Waals surface area contributed by atoms with Gasteiger partial charge in [0.15, 0.2) is 0 Å². The van der Waals surface area contributed by atoms with E-state index in [2.05, 4.69) is 27.7 Å². The minimum Gasteiger partial charge on any atom is -0.374 e. The van der Waals surface area contributed by atoms with Gasteiger partial charge in [0.25, 0.3) is 0 Å². The van der Waals surface area contributed by atoms with E-state index in [9.17, 15) is 0 Å². The predicted octanol–water partition coefficient (Wildman–Crippen LogP) is 3.73. The molecule has 0 aliphatic heterocycles. The molecule has 18 heavy (non-hydrogen) atoms. The summed E-state index contributed by atoms with van der Waals surface area (Å²) in [4.78, 5) is 0. The molecule has 2 nitrogen and oxygen atoms in total. The number of hydrogen-bond donors (Lipinski definition) is 1. The van der Waals surface area contributed by atoms with Crippen molar-refractivity contribution < 1.29 is 4.74 Å². The Kier molecular flexibility index (Phi) is 4.38. The van der Waals surface area contributed by atoms with Crippen molar-refractivity contribution in [1.29, 1.82) is 0 Å². The van der Waals surface area contributed by atoms with Gasteiger partial charge in [-0.1, -0.05) is 27.7 Å². The molecule has 0 radical (unpaired) electrons. The summed E-state index contributed by atoms with van der Waals surface area (Å²) in [6.07, 6.45) is 8.14. The van der Waals surface area contributed by atoms with Gasteiger partial charge in [0.2, 0.25) is 0 Å². The van der Waals surface area contributed by atoms with Crippen LogP contribution in [-0.2, 0) is 4.74 Å². The third-order valence-electron chi connectivity index (χ3n) is 6.07. The van der Waals surface area contributed by atoms with Gasteiger partial charge in [-0.2, -0.15) is 0 Å². The van der Waals surface area contributed by atoms with Crippen LogP contribution in [0.4, 0.5) is 0 Å². The molecule has 106 valence electrons. The lowest BCUT2D eigenvalue weighted by atomic mass is 9.59. The maximum Gasteiger partial charge on any atom is 0.0664 e. The van der Waals surface area contributed by atoms with Crippen molar-refractivity contribution in [3.05, 3.63) is 0 Å². The summed E-state index contributed by atoms with van der Waals surface area (Å²) in [6, 6.07) is 0.359. The largest absolute Gasteiger partial charge is 0.374 e. The van der Waals surface area contributed by atoms with Crippen LogP contribution >= 0.6 is 0 Å². The second-order valence-corrected chi connectivity index (χ2v) is 6.80. The summed E-state index contributed by atoms with van der Waals surface area (Å²) in [5.74, 6) is 1.69. The number of rotatable bonds is 4. The maximum absolute atomic E-state index is 6.43. The Morgan fingerprint density at radius 3 is 2.22 bits per heavy atom. The van der Waals surface area contributed by atoms with E-state index in [0.717, 1.165) is 31.1 Å². The average Bonchev–Trinajstić information content (AvgIpc) is 2.35. The first-order valence-electron chi connectivity index (χ1n) is 7.94. The van der Waals surface area contributed by atoms with Gasteiger partial charge in [-0.3, -0.25) is 0 Å². The lowest BCUT2D eigenvalue weighted by Crippen LogP contribution is -2.62. The molecule has 0 spiro atoms. The van der Waals surface area contributed by atoms with Gasteiger partial charge in [-0.25, -0.2) is 0 Å². The number of ether oxygens (including phenoxy) is 1. The average molecular weight is 253 g/mol. The summed E-state index contributed by atoms with van der Waals surface area (Å²) in [5.41, 5.74) is 6.51. The number of hydrogen-bond acceptors (Lipinski definition) is 2. The molecule has 2 aliphatic rings. The van der Waals surface area contributed by atoms with Crippen molar-refractivity contribution in [2.24, 2.45) is 23.0 Å². The van der Waals surface area contributed by atoms with Gasteiger partial charge in [0.05, 0.1) is 12.2 Å². The second kappa shape index (κ2) is 5.50. The SMILES string of the molecule is CCC1(CC)C(N)CC1OC1CCC(C)C(C)C1. The Labute approximate surface area is 113 Å². The van der Waals surface area contributed by atoms with Gasteiger partial charge in [0, 0.05) is 11.5 Å². The van der Waals surface area contributed by atoms with E-state index < -0.39 is 0 Å². The summed E-state index contributed by atoms with van der Waals surface area (Å²) < 4.78 is 6.43. The maximum atomic E-state index is 6.43. The zero-order chi connectivity index (χ0) is 13.3. The molecular weight excluding hydrogens is 222 g/mol. The molecule has 2 N–H and O–H groups in total. The molecule has 0 amide bonds. The van der Waals surface area contributed by atoms with Gasteiger partial charge >= 0.3 is 0 Å². The molecule has 2 heteroatoms. The van der Waals surface area contributed by atoms with Gasteiger partial charge < -0.3 is 10.5 Å². The molecule has 2 fully saturated rings. The highest BCUT2D eigenvalue weighted by Crippen LogP contribution is 2.49. The summed E-state index contributed by atoms with van der Waals surface area (Å²) in [7, 11) is 0. The highest BCUT2D eigenvalue weighted by molar-refractivity contribution is 5.05. The second-order valence-electron chi connectivity index (χ2n) is 6.80. The van der Waals surface area contributed by atoms with Crippen molar-refractivity contribution in [2.45, 2.75) is 84.5 Å². The fraction of sp³-hybridized carbons (Fsp3) is 1.00. The van der Waals surface area contributed by atoms with Crippen LogP contribution in [0.5, 0.6) is 0 Å². The molecule has 0 aromatic rings. The minimum absolute atomic E-state index is 0.270. The van der Waals surface area contributed by atoms with E-state index in [1.54, 1.807) is 0 Å². The standard InChI is InChI=1S/C16H31NO/c1-5-16(6-2)14(17)10-15(16)18-13-8-7-11(3)12(4)9-13/h11-15H,5-10,17H2,1-4H3. The Morgan fingerprint density at radius 1 is 1.06 bits per heavy atom. The summed E-state index contributed by atoms with van der Waals surface area (Å²) in [5, 5.41) is 0. The molecule has 5 atom stereocenters. The van der Waals surface area contributed by atoms with E-state index in [4.69, 9.17) is 10.5 Å². The van der Waals surface area contributed by atoms with E-state index in [1.807, 2.05) is 0 Å². The van der Waals surface area contributed by atoms with Gasteiger partial charge in [0.1, 0.15) is 0 Å². The van der Waals surface area contributed by atoms with Crippen LogP contribution in [0.3, 0.4) is 0 Å². The normalized spacial score (nSPS) is 43.5. The Hall–Kier alpha value is -0.0800. The highest BCUT2D eigenvalue weighted by atomic mass is 16.5. The van der Waals surface area contributed by atoms with E-state index >= 15 is 0 Å². The van der Waals surface area contributed by atoms with Gasteiger partial charge in [-0.15, -0.1) is 0 Å². The van der Waals surface area contributed by atoms with Crippen LogP contribution in [0.2, 0.25) is 0 Å². The lowest BCUT2D eigenvalue weighted by molar-refractivity contribution is -0.169. The molecule has 2 aliphatic carbocycles. The van der Waals surface area contributed by atoms with Crippen LogP contribution in [0.15, 0.2) is 0 Å². The molecule has 2 rings (SSSR count). The summed E-state index contributed by atoms with van der Waals surface area (Å²) >= 11 is 0. The van der Waals surface area contributed by atoms with Crippen molar-refractivity contribution in [3.63, 3.8) is 0 Å². The molecule has 2 saturated carbocycles. The van der Waals surface area contributed by atoms with Crippen molar-refractivity contribution >= 4 is 0 Å². The molecule has 0 heterocycles. The zero-order valence-electron chi connectivity index (χ0n) is 12.6. The Bertz CT molecular complexity index is 274. The number of nitrogens with two attached hydrogens (primary N) is 1. The zero-order valence-corrected chi connectivity index (χ0v) is 12.6. The minimum atomic E-state index is 0.270. The van der Waals surface area contributed by atoms with Crippen LogP contribution in [-0.4, -0.2) is 18.2 Å². The van der Waals surface area contributed by atoms with Crippen molar-refractivity contribution in [2.75, 3.05) is 0 Å². The molecular formula is C16H31NO. The first-order valence-corrected chi connectivity index (χ1v) is 7.94. The van der Waals surface area contributed by atoms with E-state index in [-0.39, 0.29) is 5.41 Å². The van der Waals surface area contributed by atoms with Crippen molar-refractivity contribution in [3.8, 4) is 0 Å². The monoisotopic (exact) mass is 253 g/mol. The Morgan fingerprint density at radius 2 is 1.72 bits per heavy atom. The fourth-order valence-corrected chi connectivity index (χ4v) is 4.05. The molecule has 5 unspecified atom stereocenters. The van der Waals surface area contributed by atoms with Crippen LogP contribution < -0.4 is 5.73 Å². The molecule has 0 saturated heterocycles. The fourth-order valence-electron chi connectivity index (χ4n) is 4.05. The van der Waals surface area contributed by atoms with Crippen LogP contribution in [0.25, 0.3) is 0 Å².